The van der Waals surface area contributed by atoms with E-state index in [0.717, 1.165) is 161 Å². The van der Waals surface area contributed by atoms with Gasteiger partial charge in [-0.15, -0.1) is 0 Å². The van der Waals surface area contributed by atoms with Gasteiger partial charge in [0.1, 0.15) is 25.4 Å². The van der Waals surface area contributed by atoms with Crippen molar-refractivity contribution in [3.8, 4) is 0 Å². The minimum Gasteiger partial charge on any atom is -0.463 e. The predicted molar refractivity (Wildman–Crippen MR) is 473 cm³/mol. The summed E-state index contributed by atoms with van der Waals surface area (Å²) < 4.78 is 61.3. The third-order valence-corrected chi connectivity index (χ3v) is 20.9. The summed E-state index contributed by atoms with van der Waals surface area (Å²) in [5, 5.41) is 20.7. The molecule has 0 saturated carbocycles. The summed E-state index contributed by atoms with van der Waals surface area (Å²) in [5.41, 5.74) is 0. The zero-order valence-electron chi connectivity index (χ0n) is 71.5. The number of unbranched alkanes of at least 4 members (excludes halogenated alkanes) is 38. The molecule has 0 amide bonds. The van der Waals surface area contributed by atoms with Crippen molar-refractivity contribution in [2.45, 2.75) is 399 Å². The number of carbonyl (C=O) groups is 3. The highest BCUT2D eigenvalue weighted by molar-refractivity contribution is 7.47. The zero-order valence-corrected chi connectivity index (χ0v) is 73.3. The molecule has 0 radical (unpaired) electrons. The Labute approximate surface area is 689 Å². The Kier molecular flexibility index (Phi) is 83.3. The molecule has 0 saturated heterocycles. The summed E-state index contributed by atoms with van der Waals surface area (Å²) in [5.74, 6) is -1.57. The summed E-state index contributed by atoms with van der Waals surface area (Å²) in [6.07, 6.45) is 109. The normalized spacial score (nSPS) is 14.5. The molecule has 4 N–H and O–H groups in total. The molecule has 0 spiro atoms. The summed E-state index contributed by atoms with van der Waals surface area (Å²) in [7, 11) is -9.80. The number of phosphoric acid groups is 2. The summed E-state index contributed by atoms with van der Waals surface area (Å²) in [6.45, 7) is 2.47. The van der Waals surface area contributed by atoms with Gasteiger partial charge in [-0.25, -0.2) is 9.13 Å². The smallest absolute Gasteiger partial charge is 0.463 e. The lowest BCUT2D eigenvalue weighted by atomic mass is 10.0. The number of carbonyl (C=O) groups excluding carboxylic acids is 3. The second kappa shape index (κ2) is 86.8. The van der Waals surface area contributed by atoms with E-state index in [2.05, 4.69) is 167 Å². The first kappa shape index (κ1) is 108. The second-order valence-corrected chi connectivity index (χ2v) is 32.9. The predicted octanol–water partition coefficient (Wildman–Crippen LogP) is 27.6. The van der Waals surface area contributed by atoms with E-state index < -0.39 is 91.5 Å². The first-order valence-corrected chi connectivity index (χ1v) is 48.1. The van der Waals surface area contributed by atoms with Crippen LogP contribution in [-0.4, -0.2) is 95.9 Å². The van der Waals surface area contributed by atoms with Crippen molar-refractivity contribution in [3.63, 3.8) is 0 Å². The number of hydrogen-bond acceptors (Lipinski definition) is 14. The maximum Gasteiger partial charge on any atom is 0.472 e. The molecule has 0 rings (SSSR count). The molecular weight excluding hydrogens is 1460 g/mol. The minimum atomic E-state index is -4.94. The van der Waals surface area contributed by atoms with Gasteiger partial charge < -0.3 is 34.2 Å². The van der Waals surface area contributed by atoms with Gasteiger partial charge in [0.2, 0.25) is 0 Å². The number of aliphatic hydroxyl groups excluding tert-OH is 2. The van der Waals surface area contributed by atoms with E-state index in [0.29, 0.717) is 19.3 Å². The molecule has 0 aliphatic heterocycles. The molecule has 0 bridgehead atoms. The van der Waals surface area contributed by atoms with Gasteiger partial charge in [0, 0.05) is 19.3 Å². The Morgan fingerprint density at radius 2 is 0.469 bits per heavy atom. The van der Waals surface area contributed by atoms with Crippen molar-refractivity contribution >= 4 is 33.6 Å². The number of ether oxygens (including phenoxy) is 3. The van der Waals surface area contributed by atoms with Gasteiger partial charge in [-0.2, -0.15) is 0 Å². The number of aliphatic hydroxyl groups is 2. The summed E-state index contributed by atoms with van der Waals surface area (Å²) in [4.78, 5) is 58.8. The van der Waals surface area contributed by atoms with Crippen LogP contribution in [0.25, 0.3) is 0 Å². The molecule has 5 unspecified atom stereocenters. The monoisotopic (exact) mass is 1620 g/mol. The standard InChI is InChI=1S/C95H164O16P2/c1-4-7-10-13-16-19-22-25-27-29-31-33-35-37-39-41-42-43-44-45-46-48-50-51-53-55-57-59-61-64-66-69-72-75-78-81-93(98)105-84-90(96)85-107-112(101,102)108-86-91(97)87-109-113(103,104)110-89-92(111-95(100)83-80-77-74-71-68-63-24-21-18-15-12-9-6-3)88-106-94(99)82-79-76-73-70-67-65-62-60-58-56-54-52-49-47-40-38-36-34-32-30-28-26-23-20-17-14-11-8-5-2/h7-8,10-11,16-17,19-21,24-28,31-34,37-40,42-43,90-92,96-97H,4-6,9,12-15,18,22-23,29-30,35-36,41,44-89H2,1-3H3,(H,101,102)(H,103,104)/b10-7-,11-8-,19-16-,20-17-,24-21-,27-25-,28-26-,33-31-,34-32-,39-37-,40-38-,43-42-. The molecule has 0 aromatic carbocycles. The van der Waals surface area contributed by atoms with E-state index in [9.17, 15) is 43.5 Å². The molecule has 18 heteroatoms. The van der Waals surface area contributed by atoms with Crippen molar-refractivity contribution in [1.29, 1.82) is 0 Å². The molecule has 650 valence electrons. The van der Waals surface area contributed by atoms with Crippen LogP contribution < -0.4 is 0 Å². The molecule has 0 heterocycles. The first-order valence-electron chi connectivity index (χ1n) is 45.1. The quantitative estimate of drug-likeness (QED) is 0.0146. The van der Waals surface area contributed by atoms with Crippen LogP contribution in [0.1, 0.15) is 380 Å². The zero-order chi connectivity index (χ0) is 82.2. The van der Waals surface area contributed by atoms with Crippen LogP contribution in [0.5, 0.6) is 0 Å². The molecule has 5 atom stereocenters. The molecule has 0 aromatic rings. The summed E-state index contributed by atoms with van der Waals surface area (Å²) in [6, 6.07) is 0. The van der Waals surface area contributed by atoms with Crippen molar-refractivity contribution in [3.05, 3.63) is 146 Å². The number of rotatable bonds is 85. The SMILES string of the molecule is CC/C=C\C/C=C\C/C=C\C/C=C\C/C=C\C/C=C\CCCCCCCCCCCCCCCCCCC(=O)OCC(O)COP(=O)(O)OCC(O)COP(=O)(O)OCC(COC(=O)CCCCCCCCCCCCCCC/C=C\C/C=C\C/C=C\C/C=C\C/C=C\CC)OC(=O)CCCCCCC/C=C\CCCCCC. The number of phosphoric ester groups is 2. The highest BCUT2D eigenvalue weighted by Crippen LogP contribution is 2.45. The molecule has 0 aliphatic rings. The average Bonchev–Trinajstić information content (AvgIpc) is 0.903. The Balaban J connectivity index is 4.39. The van der Waals surface area contributed by atoms with Crippen molar-refractivity contribution in [2.24, 2.45) is 0 Å². The highest BCUT2D eigenvalue weighted by atomic mass is 31.2. The lowest BCUT2D eigenvalue weighted by Crippen LogP contribution is -2.30. The van der Waals surface area contributed by atoms with Crippen LogP contribution in [-0.2, 0) is 55.8 Å². The highest BCUT2D eigenvalue weighted by Gasteiger charge is 2.29. The van der Waals surface area contributed by atoms with Gasteiger partial charge in [-0.05, 0) is 141 Å². The third-order valence-electron chi connectivity index (χ3n) is 19.0. The van der Waals surface area contributed by atoms with Gasteiger partial charge in [0.15, 0.2) is 6.10 Å². The average molecular weight is 1620 g/mol. The van der Waals surface area contributed by atoms with E-state index >= 15 is 0 Å². The molecule has 0 aliphatic carbocycles. The fraction of sp³-hybridized carbons (Fsp3) is 0.716. The Bertz CT molecular complexity index is 2630. The van der Waals surface area contributed by atoms with E-state index in [1.54, 1.807) is 0 Å². The lowest BCUT2D eigenvalue weighted by Gasteiger charge is -2.21. The van der Waals surface area contributed by atoms with E-state index in [1.807, 2.05) is 0 Å². The number of allylic oxidation sites excluding steroid dienone is 24. The maximum atomic E-state index is 13.0. The minimum absolute atomic E-state index is 0.0940. The maximum absolute atomic E-state index is 13.0. The topological polar surface area (TPSA) is 231 Å². The summed E-state index contributed by atoms with van der Waals surface area (Å²) >= 11 is 0. The Morgan fingerprint density at radius 1 is 0.257 bits per heavy atom. The molecule has 16 nitrogen and oxygen atoms in total. The molecule has 0 fully saturated rings. The van der Waals surface area contributed by atoms with Gasteiger partial charge in [0.25, 0.3) is 0 Å². The van der Waals surface area contributed by atoms with Crippen LogP contribution in [0.4, 0.5) is 0 Å². The van der Waals surface area contributed by atoms with Gasteiger partial charge >= 0.3 is 33.6 Å². The van der Waals surface area contributed by atoms with Crippen molar-refractivity contribution in [2.75, 3.05) is 39.6 Å². The number of hydrogen-bond donors (Lipinski definition) is 4. The van der Waals surface area contributed by atoms with Gasteiger partial charge in [0.05, 0.1) is 26.4 Å². The molecule has 0 aromatic heterocycles. The Hall–Kier alpha value is -4.57. The van der Waals surface area contributed by atoms with E-state index in [4.69, 9.17) is 32.3 Å². The van der Waals surface area contributed by atoms with Crippen molar-refractivity contribution in [1.82, 2.24) is 0 Å². The van der Waals surface area contributed by atoms with E-state index in [-0.39, 0.29) is 19.3 Å². The van der Waals surface area contributed by atoms with E-state index in [1.165, 1.54) is 161 Å². The van der Waals surface area contributed by atoms with Crippen LogP contribution in [0, 0.1) is 0 Å². The van der Waals surface area contributed by atoms with Crippen molar-refractivity contribution < 1.29 is 75.8 Å². The van der Waals surface area contributed by atoms with Crippen LogP contribution in [0.3, 0.4) is 0 Å². The largest absolute Gasteiger partial charge is 0.472 e. The van der Waals surface area contributed by atoms with Crippen LogP contribution in [0.15, 0.2) is 146 Å². The second-order valence-electron chi connectivity index (χ2n) is 30.0. The van der Waals surface area contributed by atoms with Crippen LogP contribution >= 0.6 is 15.6 Å². The van der Waals surface area contributed by atoms with Crippen LogP contribution in [0.2, 0.25) is 0 Å². The van der Waals surface area contributed by atoms with Gasteiger partial charge in [-0.3, -0.25) is 32.5 Å². The van der Waals surface area contributed by atoms with Gasteiger partial charge in [-0.1, -0.05) is 366 Å². The molecular formula is C95H164O16P2. The Morgan fingerprint density at radius 3 is 0.752 bits per heavy atom. The third kappa shape index (κ3) is 88.1. The molecule has 113 heavy (non-hydrogen) atoms. The fourth-order valence-corrected chi connectivity index (χ4v) is 13.8. The number of esters is 3. The first-order chi connectivity index (χ1) is 55.2. The fourth-order valence-electron chi connectivity index (χ4n) is 12.2. The lowest BCUT2D eigenvalue weighted by molar-refractivity contribution is -0.161.